The lowest BCUT2D eigenvalue weighted by Gasteiger charge is -2.10. The van der Waals surface area contributed by atoms with Gasteiger partial charge in [-0.25, -0.2) is 5.43 Å². The van der Waals surface area contributed by atoms with Crippen molar-refractivity contribution in [3.63, 3.8) is 0 Å². The second-order valence-corrected chi connectivity index (χ2v) is 6.83. The number of anilines is 1. The highest BCUT2D eigenvalue weighted by molar-refractivity contribution is 6.39. The van der Waals surface area contributed by atoms with E-state index in [9.17, 15) is 9.59 Å². The molecule has 2 N–H and O–H groups in total. The summed E-state index contributed by atoms with van der Waals surface area (Å²) in [4.78, 5) is 24.1. The summed E-state index contributed by atoms with van der Waals surface area (Å²) >= 11 is 0. The number of ether oxygens (including phenoxy) is 1. The maximum Gasteiger partial charge on any atom is 0.329 e. The number of rotatable bonds is 5. The summed E-state index contributed by atoms with van der Waals surface area (Å²) in [6, 6.07) is 16.9. The molecular weight excluding hydrogens is 380 g/mol. The van der Waals surface area contributed by atoms with E-state index in [1.165, 1.54) is 6.21 Å². The van der Waals surface area contributed by atoms with Crippen LogP contribution in [0.4, 0.5) is 5.69 Å². The minimum absolute atomic E-state index is 0.588. The second kappa shape index (κ2) is 9.09. The number of nitrogens with one attached hydrogen (secondary N) is 2. The van der Waals surface area contributed by atoms with Crippen LogP contribution in [-0.2, 0) is 9.59 Å². The van der Waals surface area contributed by atoms with Crippen LogP contribution in [0.2, 0.25) is 0 Å². The highest BCUT2D eigenvalue weighted by Gasteiger charge is 2.14. The zero-order chi connectivity index (χ0) is 21.7. The number of carbonyl (C=O) groups excluding carboxylic acids is 2. The fraction of sp³-hybridized carbons (Fsp3) is 0.174. The molecule has 154 valence electrons. The van der Waals surface area contributed by atoms with Gasteiger partial charge in [0.1, 0.15) is 5.75 Å². The second-order valence-electron chi connectivity index (χ2n) is 6.83. The van der Waals surface area contributed by atoms with Crippen LogP contribution in [0.5, 0.6) is 5.75 Å². The summed E-state index contributed by atoms with van der Waals surface area (Å²) in [5.74, 6) is -0.821. The van der Waals surface area contributed by atoms with Crippen molar-refractivity contribution < 1.29 is 14.3 Å². The van der Waals surface area contributed by atoms with Crippen LogP contribution >= 0.6 is 0 Å². The Kier molecular flexibility index (Phi) is 6.32. The van der Waals surface area contributed by atoms with E-state index in [0.717, 1.165) is 34.0 Å². The third-order valence-electron chi connectivity index (χ3n) is 4.77. The number of benzene rings is 2. The molecule has 1 heterocycles. The molecule has 0 aliphatic heterocycles. The Bertz CT molecular complexity index is 1100. The fourth-order valence-electron chi connectivity index (χ4n) is 3.15. The zero-order valence-corrected chi connectivity index (χ0v) is 17.4. The van der Waals surface area contributed by atoms with Gasteiger partial charge >= 0.3 is 11.8 Å². The topological polar surface area (TPSA) is 84.7 Å². The summed E-state index contributed by atoms with van der Waals surface area (Å²) in [6.07, 6.45) is 1.53. The number of hydrogen-bond acceptors (Lipinski definition) is 4. The minimum atomic E-state index is -0.835. The SMILES string of the molecule is COc1ccc(-n2c(C)cc(/C=N\NC(=O)C(=O)Nc3ccccc3C)c2C)cc1. The van der Waals surface area contributed by atoms with Gasteiger partial charge in [0.2, 0.25) is 0 Å². The van der Waals surface area contributed by atoms with Crippen LogP contribution in [0.25, 0.3) is 5.69 Å². The highest BCUT2D eigenvalue weighted by atomic mass is 16.5. The Morgan fingerprint density at radius 1 is 1.00 bits per heavy atom. The van der Waals surface area contributed by atoms with Gasteiger partial charge in [0.05, 0.1) is 13.3 Å². The van der Waals surface area contributed by atoms with E-state index in [1.54, 1.807) is 19.2 Å². The van der Waals surface area contributed by atoms with Crippen molar-refractivity contribution in [2.24, 2.45) is 5.10 Å². The molecule has 0 atom stereocenters. The largest absolute Gasteiger partial charge is 0.497 e. The van der Waals surface area contributed by atoms with Crippen molar-refractivity contribution in [1.29, 1.82) is 0 Å². The Labute approximate surface area is 175 Å². The fourth-order valence-corrected chi connectivity index (χ4v) is 3.15. The van der Waals surface area contributed by atoms with Gasteiger partial charge in [-0.2, -0.15) is 5.10 Å². The number of amides is 2. The number of aromatic nitrogens is 1. The van der Waals surface area contributed by atoms with E-state index in [4.69, 9.17) is 4.74 Å². The average molecular weight is 404 g/mol. The van der Waals surface area contributed by atoms with E-state index in [0.29, 0.717) is 5.69 Å². The first-order valence-electron chi connectivity index (χ1n) is 9.44. The number of hydrazone groups is 1. The van der Waals surface area contributed by atoms with Crippen molar-refractivity contribution in [3.05, 3.63) is 77.1 Å². The lowest BCUT2D eigenvalue weighted by molar-refractivity contribution is -0.136. The van der Waals surface area contributed by atoms with Gasteiger partial charge < -0.3 is 14.6 Å². The molecule has 2 aromatic carbocycles. The van der Waals surface area contributed by atoms with E-state index >= 15 is 0 Å². The zero-order valence-electron chi connectivity index (χ0n) is 17.4. The Morgan fingerprint density at radius 2 is 1.70 bits per heavy atom. The Balaban J connectivity index is 1.68. The Hall–Kier alpha value is -3.87. The van der Waals surface area contributed by atoms with E-state index in [2.05, 4.69) is 20.4 Å². The van der Waals surface area contributed by atoms with Crippen LogP contribution in [0.15, 0.2) is 59.7 Å². The normalized spacial score (nSPS) is 10.8. The summed E-state index contributed by atoms with van der Waals surface area (Å²) in [5.41, 5.74) is 7.53. The van der Waals surface area contributed by atoms with Crippen molar-refractivity contribution in [3.8, 4) is 11.4 Å². The molecule has 0 aliphatic rings. The van der Waals surface area contributed by atoms with Gasteiger partial charge in [-0.3, -0.25) is 9.59 Å². The molecule has 0 aliphatic carbocycles. The average Bonchev–Trinajstić information content (AvgIpc) is 3.02. The Morgan fingerprint density at radius 3 is 2.37 bits per heavy atom. The number of para-hydroxylation sites is 1. The molecule has 0 radical (unpaired) electrons. The highest BCUT2D eigenvalue weighted by Crippen LogP contribution is 2.22. The lowest BCUT2D eigenvalue weighted by atomic mass is 10.2. The summed E-state index contributed by atoms with van der Waals surface area (Å²) in [7, 11) is 1.63. The van der Waals surface area contributed by atoms with Gasteiger partial charge in [-0.15, -0.1) is 0 Å². The minimum Gasteiger partial charge on any atom is -0.497 e. The molecule has 7 nitrogen and oxygen atoms in total. The van der Waals surface area contributed by atoms with E-state index in [1.807, 2.05) is 63.2 Å². The maximum atomic E-state index is 12.1. The first-order chi connectivity index (χ1) is 14.4. The first kappa shape index (κ1) is 20.9. The number of aryl methyl sites for hydroxylation is 2. The third kappa shape index (κ3) is 4.57. The molecule has 2 amide bonds. The summed E-state index contributed by atoms with van der Waals surface area (Å²) in [5, 5.41) is 6.52. The van der Waals surface area contributed by atoms with Crippen LogP contribution in [-0.4, -0.2) is 29.7 Å². The summed E-state index contributed by atoms with van der Waals surface area (Å²) < 4.78 is 7.28. The molecule has 0 unspecified atom stereocenters. The molecule has 3 aromatic rings. The molecule has 3 rings (SSSR count). The number of hydrogen-bond donors (Lipinski definition) is 2. The molecule has 0 spiro atoms. The number of methoxy groups -OCH3 is 1. The molecule has 7 heteroatoms. The van der Waals surface area contributed by atoms with E-state index < -0.39 is 11.8 Å². The van der Waals surface area contributed by atoms with Gasteiger partial charge in [-0.05, 0) is 62.7 Å². The molecule has 0 saturated carbocycles. The standard InChI is InChI=1S/C23H24N4O3/c1-15-7-5-6-8-21(15)25-22(28)23(29)26-24-14-18-13-16(2)27(17(18)3)19-9-11-20(30-4)12-10-19/h5-14H,1-4H3,(H,25,28)(H,26,29)/b24-14-. The smallest absolute Gasteiger partial charge is 0.329 e. The van der Waals surface area contributed by atoms with Crippen LogP contribution in [0.1, 0.15) is 22.5 Å². The molecule has 0 saturated heterocycles. The predicted octanol–water partition coefficient (Wildman–Crippen LogP) is 3.50. The predicted molar refractivity (Wildman–Crippen MR) is 117 cm³/mol. The maximum absolute atomic E-state index is 12.1. The molecule has 0 bridgehead atoms. The monoisotopic (exact) mass is 404 g/mol. The molecule has 1 aromatic heterocycles. The van der Waals surface area contributed by atoms with E-state index in [-0.39, 0.29) is 0 Å². The van der Waals surface area contributed by atoms with Gasteiger partial charge in [0, 0.05) is 28.3 Å². The van der Waals surface area contributed by atoms with Crippen molar-refractivity contribution in [2.75, 3.05) is 12.4 Å². The van der Waals surface area contributed by atoms with Gasteiger partial charge in [-0.1, -0.05) is 18.2 Å². The lowest BCUT2D eigenvalue weighted by Crippen LogP contribution is -2.32. The molecule has 0 fully saturated rings. The van der Waals surface area contributed by atoms with Crippen molar-refractivity contribution in [1.82, 2.24) is 9.99 Å². The van der Waals surface area contributed by atoms with Crippen LogP contribution < -0.4 is 15.5 Å². The quantitative estimate of drug-likeness (QED) is 0.388. The molecular formula is C23H24N4O3. The third-order valence-corrected chi connectivity index (χ3v) is 4.77. The van der Waals surface area contributed by atoms with Crippen LogP contribution in [0, 0.1) is 20.8 Å². The number of nitrogens with zero attached hydrogens (tertiary/aromatic N) is 2. The molecule has 30 heavy (non-hydrogen) atoms. The first-order valence-corrected chi connectivity index (χ1v) is 9.44. The summed E-state index contributed by atoms with van der Waals surface area (Å²) in [6.45, 7) is 5.80. The van der Waals surface area contributed by atoms with Crippen molar-refractivity contribution in [2.45, 2.75) is 20.8 Å². The van der Waals surface area contributed by atoms with Gasteiger partial charge in [0.15, 0.2) is 0 Å². The van der Waals surface area contributed by atoms with Gasteiger partial charge in [0.25, 0.3) is 0 Å². The number of carbonyl (C=O) groups is 2. The van der Waals surface area contributed by atoms with Crippen molar-refractivity contribution >= 4 is 23.7 Å². The van der Waals surface area contributed by atoms with Crippen LogP contribution in [0.3, 0.4) is 0 Å².